The Kier molecular flexibility index (Phi) is 7.45. The third-order valence-corrected chi connectivity index (χ3v) is 4.74. The molecule has 5 nitrogen and oxygen atoms in total. The summed E-state index contributed by atoms with van der Waals surface area (Å²) >= 11 is 0. The molecule has 1 atom stereocenters. The quantitative estimate of drug-likeness (QED) is 0.721. The Morgan fingerprint density at radius 3 is 2.70 bits per heavy atom. The van der Waals surface area contributed by atoms with Crippen LogP contribution in [0.1, 0.15) is 32.6 Å². The van der Waals surface area contributed by atoms with E-state index in [1.807, 2.05) is 23.4 Å². The molecule has 4 N–H and O–H groups in total. The molecule has 1 fully saturated rings. The molecule has 0 unspecified atom stereocenters. The minimum atomic E-state index is 0. The van der Waals surface area contributed by atoms with Crippen LogP contribution in [0.5, 0.6) is 0 Å². The highest BCUT2D eigenvalue weighted by molar-refractivity contribution is 5.85. The van der Waals surface area contributed by atoms with Crippen LogP contribution in [0.2, 0.25) is 0 Å². The lowest BCUT2D eigenvalue weighted by molar-refractivity contribution is -0.129. The Labute approximate surface area is 150 Å². The second-order valence-electron chi connectivity index (χ2n) is 6.21. The standard InChI is InChI=1S/C16H24N4O.2ClH/c1-11(17)12-4-6-13(7-5-12)16(21)19-20-10-2-3-14-15(20)8-9-18-14;;/h2-3,8,10-13,18H,4-7,9,17H2,1H3,(H,19,21);2*1H/t11-,12?,13?;;/m1../s1. The fraction of sp³-hybridized carbons (Fsp3) is 0.562. The van der Waals surface area contributed by atoms with Gasteiger partial charge in [0.15, 0.2) is 0 Å². The summed E-state index contributed by atoms with van der Waals surface area (Å²) in [6.07, 6.45) is 11.9. The fourth-order valence-electron chi connectivity index (χ4n) is 3.35. The molecule has 1 saturated carbocycles. The van der Waals surface area contributed by atoms with Crippen LogP contribution in [0.4, 0.5) is 0 Å². The molecule has 1 amide bonds. The van der Waals surface area contributed by atoms with Gasteiger partial charge in [-0.3, -0.25) is 15.2 Å². The minimum absolute atomic E-state index is 0. The van der Waals surface area contributed by atoms with Crippen LogP contribution in [-0.2, 0) is 4.79 Å². The normalized spacial score (nSPS) is 26.6. The number of allylic oxidation sites excluding steroid dienone is 2. The van der Waals surface area contributed by atoms with Gasteiger partial charge < -0.3 is 11.1 Å². The van der Waals surface area contributed by atoms with E-state index >= 15 is 0 Å². The largest absolute Gasteiger partial charge is 0.380 e. The summed E-state index contributed by atoms with van der Waals surface area (Å²) < 4.78 is 0. The number of rotatable bonds is 3. The highest BCUT2D eigenvalue weighted by Gasteiger charge is 2.29. The van der Waals surface area contributed by atoms with Crippen LogP contribution in [-0.4, -0.2) is 23.5 Å². The van der Waals surface area contributed by atoms with Gasteiger partial charge in [-0.15, -0.1) is 24.8 Å². The van der Waals surface area contributed by atoms with Gasteiger partial charge in [-0.25, -0.2) is 0 Å². The Morgan fingerprint density at radius 1 is 1.35 bits per heavy atom. The second-order valence-corrected chi connectivity index (χ2v) is 6.21. The number of nitrogens with two attached hydrogens (primary N) is 1. The van der Waals surface area contributed by atoms with Gasteiger partial charge in [0.25, 0.3) is 0 Å². The zero-order valence-corrected chi connectivity index (χ0v) is 15.0. The number of hydrogen-bond acceptors (Lipinski definition) is 4. The number of amides is 1. The lowest BCUT2D eigenvalue weighted by Gasteiger charge is -2.32. The molecule has 0 saturated heterocycles. The molecule has 0 aromatic rings. The molecule has 0 bridgehead atoms. The molecule has 0 spiro atoms. The third kappa shape index (κ3) is 4.43. The molecular weight excluding hydrogens is 335 g/mol. The number of carbonyl (C=O) groups excluding carboxylic acids is 1. The lowest BCUT2D eigenvalue weighted by Crippen LogP contribution is -2.44. The molecule has 7 heteroatoms. The highest BCUT2D eigenvalue weighted by atomic mass is 35.5. The molecule has 130 valence electrons. The van der Waals surface area contributed by atoms with Gasteiger partial charge in [-0.2, -0.15) is 0 Å². The Balaban J connectivity index is 0.00000132. The number of hydrogen-bond donors (Lipinski definition) is 3. The molecule has 2 heterocycles. The van der Waals surface area contributed by atoms with E-state index < -0.39 is 0 Å². The summed E-state index contributed by atoms with van der Waals surface area (Å²) in [5, 5.41) is 5.10. The van der Waals surface area contributed by atoms with E-state index in [1.165, 1.54) is 0 Å². The van der Waals surface area contributed by atoms with Crippen molar-refractivity contribution < 1.29 is 4.79 Å². The average Bonchev–Trinajstić information content (AvgIpc) is 2.97. The maximum Gasteiger partial charge on any atom is 0.241 e. The van der Waals surface area contributed by atoms with Crippen LogP contribution < -0.4 is 16.5 Å². The average molecular weight is 361 g/mol. The SMILES string of the molecule is C[C@@H](N)C1CCC(C(=O)NN2C=CC=C3NCC=C32)CC1.Cl.Cl. The summed E-state index contributed by atoms with van der Waals surface area (Å²) in [5.41, 5.74) is 11.1. The lowest BCUT2D eigenvalue weighted by atomic mass is 9.79. The number of nitrogens with one attached hydrogen (secondary N) is 2. The van der Waals surface area contributed by atoms with Crippen molar-refractivity contribution >= 4 is 30.7 Å². The molecular formula is C16H26Cl2N4O. The van der Waals surface area contributed by atoms with Gasteiger partial charge in [-0.1, -0.05) is 0 Å². The molecule has 0 aromatic heterocycles. The Hall–Kier alpha value is -1.17. The summed E-state index contributed by atoms with van der Waals surface area (Å²) in [6, 6.07) is 0.237. The van der Waals surface area contributed by atoms with Crippen LogP contribution >= 0.6 is 24.8 Å². The van der Waals surface area contributed by atoms with E-state index in [2.05, 4.69) is 23.7 Å². The van der Waals surface area contributed by atoms with E-state index in [-0.39, 0.29) is 42.7 Å². The maximum atomic E-state index is 12.4. The summed E-state index contributed by atoms with van der Waals surface area (Å²) in [4.78, 5) is 12.4. The van der Waals surface area contributed by atoms with Gasteiger partial charge in [0, 0.05) is 24.7 Å². The molecule has 1 aliphatic carbocycles. The predicted molar refractivity (Wildman–Crippen MR) is 96.9 cm³/mol. The minimum Gasteiger partial charge on any atom is -0.380 e. The first-order valence-corrected chi connectivity index (χ1v) is 7.83. The van der Waals surface area contributed by atoms with Crippen molar-refractivity contribution in [2.45, 2.75) is 38.6 Å². The smallest absolute Gasteiger partial charge is 0.241 e. The van der Waals surface area contributed by atoms with Crippen molar-refractivity contribution in [1.82, 2.24) is 15.8 Å². The van der Waals surface area contributed by atoms with Gasteiger partial charge in [-0.05, 0) is 56.8 Å². The third-order valence-electron chi connectivity index (χ3n) is 4.74. The van der Waals surface area contributed by atoms with Crippen molar-refractivity contribution in [3.8, 4) is 0 Å². The van der Waals surface area contributed by atoms with E-state index in [4.69, 9.17) is 5.73 Å². The van der Waals surface area contributed by atoms with Gasteiger partial charge in [0.1, 0.15) is 0 Å². The zero-order valence-electron chi connectivity index (χ0n) is 13.3. The van der Waals surface area contributed by atoms with Gasteiger partial charge >= 0.3 is 0 Å². The number of fused-ring (bicyclic) bond motifs is 1. The van der Waals surface area contributed by atoms with Crippen molar-refractivity contribution in [1.29, 1.82) is 0 Å². The molecule has 0 radical (unpaired) electrons. The van der Waals surface area contributed by atoms with Crippen molar-refractivity contribution in [3.05, 3.63) is 35.8 Å². The summed E-state index contributed by atoms with van der Waals surface area (Å²) in [5.74, 6) is 0.801. The van der Waals surface area contributed by atoms with E-state index in [1.54, 1.807) is 0 Å². The monoisotopic (exact) mass is 360 g/mol. The van der Waals surface area contributed by atoms with E-state index in [9.17, 15) is 4.79 Å². The molecule has 23 heavy (non-hydrogen) atoms. The van der Waals surface area contributed by atoms with Crippen LogP contribution in [0, 0.1) is 11.8 Å². The topological polar surface area (TPSA) is 70.4 Å². The van der Waals surface area contributed by atoms with E-state index in [0.717, 1.165) is 43.6 Å². The Morgan fingerprint density at radius 2 is 2.04 bits per heavy atom. The van der Waals surface area contributed by atoms with Crippen LogP contribution in [0.25, 0.3) is 0 Å². The first kappa shape index (κ1) is 19.9. The summed E-state index contributed by atoms with van der Waals surface area (Å²) in [7, 11) is 0. The zero-order chi connectivity index (χ0) is 14.8. The maximum absolute atomic E-state index is 12.4. The first-order valence-electron chi connectivity index (χ1n) is 7.83. The van der Waals surface area contributed by atoms with Crippen molar-refractivity contribution in [2.24, 2.45) is 17.6 Å². The predicted octanol–water partition coefficient (Wildman–Crippen LogP) is 2.22. The molecule has 2 aliphatic heterocycles. The van der Waals surface area contributed by atoms with Gasteiger partial charge in [0.2, 0.25) is 5.91 Å². The van der Waals surface area contributed by atoms with E-state index in [0.29, 0.717) is 5.92 Å². The Bertz CT molecular complexity index is 508. The number of carbonyl (C=O) groups is 1. The van der Waals surface area contributed by atoms with Crippen LogP contribution in [0.15, 0.2) is 35.8 Å². The van der Waals surface area contributed by atoms with Crippen LogP contribution in [0.3, 0.4) is 0 Å². The van der Waals surface area contributed by atoms with Crippen molar-refractivity contribution in [2.75, 3.05) is 6.54 Å². The second kappa shape index (κ2) is 8.62. The van der Waals surface area contributed by atoms with Crippen molar-refractivity contribution in [3.63, 3.8) is 0 Å². The number of halogens is 2. The molecule has 3 aliphatic rings. The highest BCUT2D eigenvalue weighted by Crippen LogP contribution is 2.30. The molecule has 0 aromatic carbocycles. The van der Waals surface area contributed by atoms with Gasteiger partial charge in [0.05, 0.1) is 11.4 Å². The summed E-state index contributed by atoms with van der Waals surface area (Å²) in [6.45, 7) is 2.88. The number of nitrogens with zero attached hydrogens (tertiary/aromatic N) is 1. The number of hydrazine groups is 1. The first-order chi connectivity index (χ1) is 10.1. The molecule has 3 rings (SSSR count). The fourth-order valence-corrected chi connectivity index (χ4v) is 3.35.